The zero-order chi connectivity index (χ0) is 18.7. The second-order valence-electron chi connectivity index (χ2n) is 5.93. The largest absolute Gasteiger partial charge is 0.494 e. The van der Waals surface area contributed by atoms with Gasteiger partial charge in [0.1, 0.15) is 5.75 Å². The Morgan fingerprint density at radius 3 is 2.35 bits per heavy atom. The zero-order valence-electron chi connectivity index (χ0n) is 14.9. The molecule has 3 rings (SSSR count). The van der Waals surface area contributed by atoms with Crippen LogP contribution >= 0.6 is 24.0 Å². The number of amides is 1. The van der Waals surface area contributed by atoms with Gasteiger partial charge < -0.3 is 9.64 Å². The van der Waals surface area contributed by atoms with Crippen molar-refractivity contribution in [3.05, 3.63) is 59.0 Å². The molecule has 1 aliphatic rings. The Labute approximate surface area is 163 Å². The van der Waals surface area contributed by atoms with Gasteiger partial charge in [0.25, 0.3) is 5.91 Å². The highest BCUT2D eigenvalue weighted by Gasteiger charge is 2.33. The minimum Gasteiger partial charge on any atom is -0.494 e. The summed E-state index contributed by atoms with van der Waals surface area (Å²) in [6.45, 7) is 2.58. The number of hydrogen-bond donors (Lipinski definition) is 0. The first-order valence-electron chi connectivity index (χ1n) is 8.28. The fourth-order valence-corrected chi connectivity index (χ4v) is 3.87. The lowest BCUT2D eigenvalue weighted by atomic mass is 10.2. The third-order valence-electron chi connectivity index (χ3n) is 3.91. The average Bonchev–Trinajstić information content (AvgIpc) is 2.90. The van der Waals surface area contributed by atoms with Gasteiger partial charge in [-0.3, -0.25) is 9.69 Å². The van der Waals surface area contributed by atoms with Gasteiger partial charge in [0.2, 0.25) is 0 Å². The van der Waals surface area contributed by atoms with Gasteiger partial charge in [0.05, 0.1) is 17.2 Å². The Kier molecular flexibility index (Phi) is 5.64. The summed E-state index contributed by atoms with van der Waals surface area (Å²) in [5, 5.41) is 0. The normalized spacial score (nSPS) is 15.7. The second-order valence-corrected chi connectivity index (χ2v) is 7.61. The van der Waals surface area contributed by atoms with Gasteiger partial charge in [-0.05, 0) is 55.0 Å². The van der Waals surface area contributed by atoms with Crippen molar-refractivity contribution in [1.82, 2.24) is 0 Å². The summed E-state index contributed by atoms with van der Waals surface area (Å²) in [4.78, 5) is 17.0. The number of carbonyl (C=O) groups is 1. The fourth-order valence-electron chi connectivity index (χ4n) is 2.57. The number of thiocarbonyl (C=S) groups is 1. The van der Waals surface area contributed by atoms with Crippen LogP contribution in [-0.2, 0) is 4.79 Å². The molecule has 2 aromatic carbocycles. The van der Waals surface area contributed by atoms with Crippen molar-refractivity contribution in [2.24, 2.45) is 0 Å². The van der Waals surface area contributed by atoms with Crippen LogP contribution in [0.3, 0.4) is 0 Å². The molecule has 0 aromatic heterocycles. The van der Waals surface area contributed by atoms with E-state index >= 15 is 0 Å². The molecule has 1 heterocycles. The molecule has 0 spiro atoms. The number of ether oxygens (including phenoxy) is 1. The molecule has 4 nitrogen and oxygen atoms in total. The molecule has 0 bridgehead atoms. The fraction of sp³-hybridized carbons (Fsp3) is 0.200. The van der Waals surface area contributed by atoms with E-state index in [1.807, 2.05) is 80.5 Å². The molecular weight excluding hydrogens is 364 g/mol. The van der Waals surface area contributed by atoms with Crippen LogP contribution in [0.25, 0.3) is 6.08 Å². The molecule has 134 valence electrons. The molecule has 6 heteroatoms. The van der Waals surface area contributed by atoms with Crippen molar-refractivity contribution < 1.29 is 9.53 Å². The van der Waals surface area contributed by atoms with Crippen LogP contribution < -0.4 is 14.5 Å². The van der Waals surface area contributed by atoms with Crippen molar-refractivity contribution >= 4 is 51.7 Å². The molecule has 1 amide bonds. The van der Waals surface area contributed by atoms with E-state index in [0.29, 0.717) is 15.8 Å². The molecule has 2 aromatic rings. The van der Waals surface area contributed by atoms with Crippen LogP contribution in [0.1, 0.15) is 12.5 Å². The monoisotopic (exact) mass is 384 g/mol. The van der Waals surface area contributed by atoms with E-state index in [0.717, 1.165) is 22.7 Å². The molecule has 1 fully saturated rings. The number of benzene rings is 2. The van der Waals surface area contributed by atoms with E-state index in [-0.39, 0.29) is 5.91 Å². The third-order valence-corrected chi connectivity index (χ3v) is 5.21. The van der Waals surface area contributed by atoms with Gasteiger partial charge in [-0.1, -0.05) is 36.1 Å². The Morgan fingerprint density at radius 2 is 1.77 bits per heavy atom. The summed E-state index contributed by atoms with van der Waals surface area (Å²) < 4.78 is 5.99. The van der Waals surface area contributed by atoms with Gasteiger partial charge in [-0.25, -0.2) is 0 Å². The van der Waals surface area contributed by atoms with E-state index in [4.69, 9.17) is 17.0 Å². The summed E-state index contributed by atoms with van der Waals surface area (Å²) in [6.07, 6.45) is 1.86. The molecule has 0 aliphatic carbocycles. The second kappa shape index (κ2) is 7.93. The number of thioether (sulfide) groups is 1. The van der Waals surface area contributed by atoms with Gasteiger partial charge in [0, 0.05) is 19.8 Å². The van der Waals surface area contributed by atoms with Crippen molar-refractivity contribution in [3.8, 4) is 5.75 Å². The number of carbonyl (C=O) groups excluding carboxylic acids is 1. The van der Waals surface area contributed by atoms with Gasteiger partial charge >= 0.3 is 0 Å². The number of anilines is 2. The Hall–Kier alpha value is -2.31. The van der Waals surface area contributed by atoms with E-state index in [9.17, 15) is 4.79 Å². The van der Waals surface area contributed by atoms with Crippen LogP contribution in [0, 0.1) is 0 Å². The van der Waals surface area contributed by atoms with Crippen LogP contribution in [0.4, 0.5) is 11.4 Å². The Balaban J connectivity index is 1.81. The highest BCUT2D eigenvalue weighted by atomic mass is 32.2. The predicted molar refractivity (Wildman–Crippen MR) is 114 cm³/mol. The Bertz CT molecular complexity index is 843. The van der Waals surface area contributed by atoms with E-state index in [1.54, 1.807) is 4.90 Å². The number of rotatable bonds is 5. The summed E-state index contributed by atoms with van der Waals surface area (Å²) >= 11 is 6.75. The average molecular weight is 385 g/mol. The molecule has 0 N–H and O–H groups in total. The maximum atomic E-state index is 12.8. The van der Waals surface area contributed by atoms with Crippen molar-refractivity contribution in [2.75, 3.05) is 30.5 Å². The maximum Gasteiger partial charge on any atom is 0.270 e. The lowest BCUT2D eigenvalue weighted by Crippen LogP contribution is -2.27. The van der Waals surface area contributed by atoms with Crippen LogP contribution in [-0.4, -0.2) is 30.9 Å². The van der Waals surface area contributed by atoms with Gasteiger partial charge in [-0.2, -0.15) is 0 Å². The minimum atomic E-state index is -0.0912. The topological polar surface area (TPSA) is 32.8 Å². The molecular formula is C20H20N2O2S2. The minimum absolute atomic E-state index is 0.0912. The summed E-state index contributed by atoms with van der Waals surface area (Å²) in [7, 11) is 3.96. The first-order valence-corrected chi connectivity index (χ1v) is 9.50. The first-order chi connectivity index (χ1) is 12.5. The quantitative estimate of drug-likeness (QED) is 0.558. The van der Waals surface area contributed by atoms with Crippen LogP contribution in [0.15, 0.2) is 53.4 Å². The molecule has 1 saturated heterocycles. The lowest BCUT2D eigenvalue weighted by molar-refractivity contribution is -0.113. The van der Waals surface area contributed by atoms with Crippen molar-refractivity contribution in [2.45, 2.75) is 6.92 Å². The number of hydrogen-bond acceptors (Lipinski definition) is 5. The van der Waals surface area contributed by atoms with E-state index in [2.05, 4.69) is 0 Å². The van der Waals surface area contributed by atoms with E-state index < -0.39 is 0 Å². The van der Waals surface area contributed by atoms with Crippen molar-refractivity contribution in [1.29, 1.82) is 0 Å². The smallest absolute Gasteiger partial charge is 0.270 e. The maximum absolute atomic E-state index is 12.8. The van der Waals surface area contributed by atoms with Gasteiger partial charge in [0.15, 0.2) is 4.32 Å². The summed E-state index contributed by atoms with van der Waals surface area (Å²) in [5.41, 5.74) is 2.80. The number of nitrogens with zero attached hydrogens (tertiary/aromatic N) is 2. The van der Waals surface area contributed by atoms with E-state index in [1.165, 1.54) is 11.8 Å². The molecule has 0 atom stereocenters. The molecule has 26 heavy (non-hydrogen) atoms. The van der Waals surface area contributed by atoms with Crippen LogP contribution in [0.2, 0.25) is 0 Å². The van der Waals surface area contributed by atoms with Crippen molar-refractivity contribution in [3.63, 3.8) is 0 Å². The highest BCUT2D eigenvalue weighted by molar-refractivity contribution is 8.27. The lowest BCUT2D eigenvalue weighted by Gasteiger charge is -2.17. The predicted octanol–water partition coefficient (Wildman–Crippen LogP) is 4.56. The highest BCUT2D eigenvalue weighted by Crippen LogP contribution is 2.36. The first kappa shape index (κ1) is 18.5. The van der Waals surface area contributed by atoms with Crippen LogP contribution in [0.5, 0.6) is 5.75 Å². The van der Waals surface area contributed by atoms with Gasteiger partial charge in [-0.15, -0.1) is 0 Å². The molecule has 1 aliphatic heterocycles. The summed E-state index contributed by atoms with van der Waals surface area (Å²) in [5.74, 6) is 0.727. The summed E-state index contributed by atoms with van der Waals surface area (Å²) in [6, 6.07) is 15.5. The SMILES string of the molecule is CCOc1ccc(/C=C2/SC(=S)N(c3ccc(N(C)C)cc3)C2=O)cc1. The molecule has 0 saturated carbocycles. The standard InChI is InChI=1S/C20H20N2O2S2/c1-4-24-17-11-5-14(6-12-17)13-18-19(23)22(20(25)26-18)16-9-7-15(8-10-16)21(2)3/h5-13H,4H2,1-3H3/b18-13+. The molecule has 0 unspecified atom stereocenters. The molecule has 0 radical (unpaired) electrons. The third kappa shape index (κ3) is 3.92. The zero-order valence-corrected chi connectivity index (χ0v) is 16.6. The Morgan fingerprint density at radius 1 is 1.12 bits per heavy atom.